The first kappa shape index (κ1) is 26.8. The zero-order valence-electron chi connectivity index (χ0n) is 21.9. The number of nitrogens with one attached hydrogen (secondary N) is 1. The second-order valence-corrected chi connectivity index (χ2v) is 11.7. The number of fused-ring (bicyclic) bond motifs is 1. The average molecular weight is 554 g/mol. The first-order chi connectivity index (χ1) is 19.1. The van der Waals surface area contributed by atoms with Gasteiger partial charge in [-0.3, -0.25) is 14.9 Å². The van der Waals surface area contributed by atoms with Gasteiger partial charge < -0.3 is 9.88 Å². The summed E-state index contributed by atoms with van der Waals surface area (Å²) in [6.07, 6.45) is 3.19. The minimum Gasteiger partial charge on any atom is -0.346 e. The largest absolute Gasteiger partial charge is 0.346 e. The predicted molar refractivity (Wildman–Crippen MR) is 155 cm³/mol. The fourth-order valence-electron chi connectivity index (χ4n) is 4.74. The molecule has 0 radical (unpaired) electrons. The topological polar surface area (TPSA) is 111 Å². The molecule has 1 aromatic heterocycles. The van der Waals surface area contributed by atoms with Crippen LogP contribution < -0.4 is 5.32 Å². The molecule has 1 atom stereocenters. The molecule has 40 heavy (non-hydrogen) atoms. The van der Waals surface area contributed by atoms with E-state index in [1.54, 1.807) is 30.3 Å². The molecule has 1 N–H and O–H groups in total. The summed E-state index contributed by atoms with van der Waals surface area (Å²) in [6.45, 7) is 2.44. The lowest BCUT2D eigenvalue weighted by Crippen LogP contribution is -2.26. The first-order valence-electron chi connectivity index (χ1n) is 12.6. The van der Waals surface area contributed by atoms with Gasteiger partial charge in [0.05, 0.1) is 15.9 Å². The Morgan fingerprint density at radius 2 is 1.65 bits per heavy atom. The smallest absolute Gasteiger partial charge is 0.269 e. The highest BCUT2D eigenvalue weighted by Gasteiger charge is 2.16. The van der Waals surface area contributed by atoms with E-state index < -0.39 is 14.8 Å². The summed E-state index contributed by atoms with van der Waals surface area (Å²) >= 11 is 0. The van der Waals surface area contributed by atoms with Gasteiger partial charge in [-0.05, 0) is 53.9 Å². The number of carbonyl (C=O) groups excluding carboxylic acids is 1. The summed E-state index contributed by atoms with van der Waals surface area (Å²) in [4.78, 5) is 23.6. The Morgan fingerprint density at radius 3 is 2.33 bits per heavy atom. The minimum atomic E-state index is -3.35. The van der Waals surface area contributed by atoms with Crippen LogP contribution in [0, 0.1) is 10.1 Å². The van der Waals surface area contributed by atoms with Crippen molar-refractivity contribution >= 4 is 32.3 Å². The lowest BCUT2D eigenvalue weighted by molar-refractivity contribution is -0.384. The quantitative estimate of drug-likeness (QED) is 0.183. The zero-order valence-corrected chi connectivity index (χ0v) is 22.8. The number of hydrogen-bond acceptors (Lipinski definition) is 5. The number of nitro groups is 1. The van der Waals surface area contributed by atoms with Crippen molar-refractivity contribution in [2.24, 2.45) is 0 Å². The molecule has 4 aromatic carbocycles. The summed E-state index contributed by atoms with van der Waals surface area (Å²) in [7, 11) is -3.35. The van der Waals surface area contributed by atoms with Crippen LogP contribution in [0.5, 0.6) is 0 Å². The summed E-state index contributed by atoms with van der Waals surface area (Å²) in [5.74, 6) is -0.231. The van der Waals surface area contributed by atoms with E-state index in [0.717, 1.165) is 27.6 Å². The van der Waals surface area contributed by atoms with Crippen LogP contribution in [0.25, 0.3) is 22.0 Å². The van der Waals surface area contributed by atoms with Crippen molar-refractivity contribution in [3.05, 3.63) is 130 Å². The van der Waals surface area contributed by atoms with Crippen LogP contribution in [0.15, 0.2) is 108 Å². The van der Waals surface area contributed by atoms with Gasteiger partial charge in [-0.25, -0.2) is 8.42 Å². The van der Waals surface area contributed by atoms with E-state index in [1.807, 2.05) is 67.7 Å². The summed E-state index contributed by atoms with van der Waals surface area (Å²) in [5, 5.41) is 14.8. The molecule has 0 aliphatic heterocycles. The van der Waals surface area contributed by atoms with Crippen molar-refractivity contribution in [2.75, 3.05) is 6.26 Å². The van der Waals surface area contributed by atoms with E-state index in [0.29, 0.717) is 22.6 Å². The number of carbonyl (C=O) groups is 1. The molecule has 0 spiro atoms. The van der Waals surface area contributed by atoms with Crippen LogP contribution in [0.3, 0.4) is 0 Å². The molecule has 5 rings (SSSR count). The molecule has 0 unspecified atom stereocenters. The van der Waals surface area contributed by atoms with Crippen molar-refractivity contribution in [1.29, 1.82) is 0 Å². The summed E-state index contributed by atoms with van der Waals surface area (Å²) < 4.78 is 26.5. The highest BCUT2D eigenvalue weighted by molar-refractivity contribution is 7.90. The number of nitro benzene ring substituents is 1. The molecule has 9 heteroatoms. The molecule has 202 valence electrons. The number of hydrogen-bond donors (Lipinski definition) is 1. The average Bonchev–Trinajstić information content (AvgIpc) is 3.34. The molecule has 0 aliphatic carbocycles. The van der Waals surface area contributed by atoms with Crippen LogP contribution in [0.4, 0.5) is 5.69 Å². The van der Waals surface area contributed by atoms with Crippen molar-refractivity contribution in [3.8, 4) is 11.1 Å². The Balaban J connectivity index is 1.30. The summed E-state index contributed by atoms with van der Waals surface area (Å²) in [5.41, 5.74) is 4.84. The molecule has 1 amide bonds. The number of aromatic nitrogens is 1. The van der Waals surface area contributed by atoms with E-state index in [4.69, 9.17) is 0 Å². The number of sulfone groups is 1. The third kappa shape index (κ3) is 5.64. The molecule has 0 bridgehead atoms. The fraction of sp³-hybridized carbons (Fsp3) is 0.129. The number of benzene rings is 4. The predicted octanol–water partition coefficient (Wildman–Crippen LogP) is 6.16. The Bertz CT molecular complexity index is 1830. The first-order valence-corrected chi connectivity index (χ1v) is 14.5. The standard InChI is InChI=1S/C31H27N3O5S/c1-21(23-11-14-27(15-12-23)34(36)37)32-31(35)26-13-16-29-25(19-26)17-18-33(29)20-22-7-9-24(10-8-22)28-5-3-4-6-30(28)40(2,38)39/h3-19,21H,20H2,1-2H3,(H,32,35)/t21-/m0/s1. The normalized spacial score (nSPS) is 12.2. The fourth-order valence-corrected chi connectivity index (χ4v) is 5.65. The van der Waals surface area contributed by atoms with E-state index in [9.17, 15) is 23.3 Å². The number of amides is 1. The second-order valence-electron chi connectivity index (χ2n) is 9.73. The maximum atomic E-state index is 12.9. The van der Waals surface area contributed by atoms with Crippen LogP contribution in [-0.4, -0.2) is 30.1 Å². The molecule has 0 fully saturated rings. The van der Waals surface area contributed by atoms with Gasteiger partial charge in [0.25, 0.3) is 11.6 Å². The Labute approximate surface area is 232 Å². The van der Waals surface area contributed by atoms with Gasteiger partial charge >= 0.3 is 0 Å². The Morgan fingerprint density at radius 1 is 0.950 bits per heavy atom. The third-order valence-electron chi connectivity index (χ3n) is 6.89. The molecular formula is C31H27N3O5S. The molecule has 5 aromatic rings. The lowest BCUT2D eigenvalue weighted by Gasteiger charge is -2.14. The highest BCUT2D eigenvalue weighted by atomic mass is 32.2. The van der Waals surface area contributed by atoms with Crippen molar-refractivity contribution in [2.45, 2.75) is 24.4 Å². The lowest BCUT2D eigenvalue weighted by atomic mass is 10.0. The Hall–Kier alpha value is -4.76. The van der Waals surface area contributed by atoms with Crippen LogP contribution in [0.1, 0.15) is 34.5 Å². The molecule has 0 aliphatic rings. The summed E-state index contributed by atoms with van der Waals surface area (Å²) in [6, 6.07) is 28.1. The zero-order chi connectivity index (χ0) is 28.4. The molecule has 1 heterocycles. The van der Waals surface area contributed by atoms with Gasteiger partial charge in [0.1, 0.15) is 0 Å². The van der Waals surface area contributed by atoms with Gasteiger partial charge in [0.2, 0.25) is 0 Å². The van der Waals surface area contributed by atoms with Gasteiger partial charge in [0, 0.05) is 53.2 Å². The molecule has 0 saturated carbocycles. The van der Waals surface area contributed by atoms with E-state index >= 15 is 0 Å². The van der Waals surface area contributed by atoms with Gasteiger partial charge in [0.15, 0.2) is 9.84 Å². The SMILES string of the molecule is C[C@H](NC(=O)c1ccc2c(ccn2Cc2ccc(-c3ccccc3S(C)(=O)=O)cc2)c1)c1ccc([N+](=O)[O-])cc1. The molecular weight excluding hydrogens is 526 g/mol. The molecule has 0 saturated heterocycles. The number of non-ortho nitro benzene ring substituents is 1. The van der Waals surface area contributed by atoms with Crippen molar-refractivity contribution < 1.29 is 18.1 Å². The number of rotatable bonds is 8. The second kappa shape index (κ2) is 10.8. The van der Waals surface area contributed by atoms with Crippen molar-refractivity contribution in [3.63, 3.8) is 0 Å². The number of nitrogens with zero attached hydrogens (tertiary/aromatic N) is 2. The van der Waals surface area contributed by atoms with Crippen LogP contribution in [-0.2, 0) is 16.4 Å². The maximum absolute atomic E-state index is 12.9. The minimum absolute atomic E-state index is 0.00506. The monoisotopic (exact) mass is 553 g/mol. The van der Waals surface area contributed by atoms with Crippen LogP contribution in [0.2, 0.25) is 0 Å². The Kier molecular flexibility index (Phi) is 7.23. The molecule has 8 nitrogen and oxygen atoms in total. The van der Waals surface area contributed by atoms with Crippen LogP contribution >= 0.6 is 0 Å². The third-order valence-corrected chi connectivity index (χ3v) is 8.04. The highest BCUT2D eigenvalue weighted by Crippen LogP contribution is 2.28. The van der Waals surface area contributed by atoms with E-state index in [-0.39, 0.29) is 17.6 Å². The maximum Gasteiger partial charge on any atom is 0.269 e. The van der Waals surface area contributed by atoms with Crippen molar-refractivity contribution in [1.82, 2.24) is 9.88 Å². The van der Waals surface area contributed by atoms with Gasteiger partial charge in [-0.1, -0.05) is 54.6 Å². The van der Waals surface area contributed by atoms with E-state index in [2.05, 4.69) is 9.88 Å². The van der Waals surface area contributed by atoms with Gasteiger partial charge in [-0.15, -0.1) is 0 Å². The van der Waals surface area contributed by atoms with E-state index in [1.165, 1.54) is 18.4 Å². The van der Waals surface area contributed by atoms with Gasteiger partial charge in [-0.2, -0.15) is 0 Å².